The first-order valence-corrected chi connectivity index (χ1v) is 7.03. The van der Waals surface area contributed by atoms with E-state index in [4.69, 9.17) is 11.6 Å². The molecule has 1 aromatic carbocycles. The van der Waals surface area contributed by atoms with Gasteiger partial charge in [0.2, 0.25) is 0 Å². The highest BCUT2D eigenvalue weighted by Gasteiger charge is 2.45. The molecule has 1 atom stereocenters. The van der Waals surface area contributed by atoms with Crippen molar-refractivity contribution in [3.8, 4) is 0 Å². The molecule has 2 nitrogen and oxygen atoms in total. The van der Waals surface area contributed by atoms with Crippen LogP contribution in [-0.4, -0.2) is 37.3 Å². The van der Waals surface area contributed by atoms with Crippen LogP contribution in [0.5, 0.6) is 0 Å². The van der Waals surface area contributed by atoms with Crippen LogP contribution in [-0.2, 0) is 0 Å². The molecule has 20 heavy (non-hydrogen) atoms. The van der Waals surface area contributed by atoms with Gasteiger partial charge >= 0.3 is 6.18 Å². The third-order valence-electron chi connectivity index (χ3n) is 3.08. The van der Waals surface area contributed by atoms with E-state index in [0.717, 1.165) is 0 Å². The average Bonchev–Trinajstić information content (AvgIpc) is 2.33. The maximum atomic E-state index is 13.4. The SMILES string of the molecule is Cl.FC(F)(F)[C@@H](c1cc(Cl)ccc1Br)N1CCNCC1. The Hall–Kier alpha value is -0.0100. The number of halogens is 6. The molecule has 8 heteroatoms. The molecular formula is C12H14BrCl2F3N2. The zero-order chi connectivity index (χ0) is 14.0. The maximum Gasteiger partial charge on any atom is 0.408 e. The molecule has 0 aromatic heterocycles. The van der Waals surface area contributed by atoms with Gasteiger partial charge in [-0.1, -0.05) is 27.5 Å². The molecular weight excluding hydrogens is 380 g/mol. The Morgan fingerprint density at radius 2 is 1.85 bits per heavy atom. The summed E-state index contributed by atoms with van der Waals surface area (Å²) in [7, 11) is 0. The van der Waals surface area contributed by atoms with Gasteiger partial charge < -0.3 is 5.32 Å². The van der Waals surface area contributed by atoms with Gasteiger partial charge in [0.1, 0.15) is 6.04 Å². The Balaban J connectivity index is 0.00000200. The van der Waals surface area contributed by atoms with E-state index >= 15 is 0 Å². The van der Waals surface area contributed by atoms with E-state index in [9.17, 15) is 13.2 Å². The summed E-state index contributed by atoms with van der Waals surface area (Å²) in [5.41, 5.74) is 0.168. The van der Waals surface area contributed by atoms with Crippen LogP contribution in [0.3, 0.4) is 0 Å². The summed E-state index contributed by atoms with van der Waals surface area (Å²) >= 11 is 9.02. The Labute approximate surface area is 135 Å². The van der Waals surface area contributed by atoms with Crippen LogP contribution in [0.2, 0.25) is 5.02 Å². The Morgan fingerprint density at radius 3 is 2.40 bits per heavy atom. The fourth-order valence-corrected chi connectivity index (χ4v) is 2.89. The second kappa shape index (κ2) is 7.31. The van der Waals surface area contributed by atoms with E-state index in [1.54, 1.807) is 12.1 Å². The maximum absolute atomic E-state index is 13.4. The molecule has 114 valence electrons. The lowest BCUT2D eigenvalue weighted by Crippen LogP contribution is -2.49. The second-order valence-corrected chi connectivity index (χ2v) is 5.69. The first-order chi connectivity index (χ1) is 8.89. The van der Waals surface area contributed by atoms with Gasteiger partial charge in [0.25, 0.3) is 0 Å². The number of hydrogen-bond donors (Lipinski definition) is 1. The van der Waals surface area contributed by atoms with Crippen molar-refractivity contribution in [2.45, 2.75) is 12.2 Å². The molecule has 0 radical (unpaired) electrons. The quantitative estimate of drug-likeness (QED) is 0.815. The highest BCUT2D eigenvalue weighted by atomic mass is 79.9. The van der Waals surface area contributed by atoms with E-state index in [1.165, 1.54) is 11.0 Å². The van der Waals surface area contributed by atoms with Gasteiger partial charge in [0.05, 0.1) is 0 Å². The van der Waals surface area contributed by atoms with Crippen molar-refractivity contribution in [2.75, 3.05) is 26.2 Å². The van der Waals surface area contributed by atoms with Crippen molar-refractivity contribution >= 4 is 39.9 Å². The fraction of sp³-hybridized carbons (Fsp3) is 0.500. The van der Waals surface area contributed by atoms with Crippen LogP contribution in [0.4, 0.5) is 13.2 Å². The molecule has 0 spiro atoms. The van der Waals surface area contributed by atoms with Crippen molar-refractivity contribution in [1.29, 1.82) is 0 Å². The fourth-order valence-electron chi connectivity index (χ4n) is 2.24. The average molecular weight is 394 g/mol. The van der Waals surface area contributed by atoms with Crippen LogP contribution in [0.15, 0.2) is 22.7 Å². The van der Waals surface area contributed by atoms with Crippen molar-refractivity contribution in [2.24, 2.45) is 0 Å². The lowest BCUT2D eigenvalue weighted by molar-refractivity contribution is -0.188. The van der Waals surface area contributed by atoms with Crippen LogP contribution in [0.1, 0.15) is 11.6 Å². The van der Waals surface area contributed by atoms with E-state index in [1.807, 2.05) is 0 Å². The van der Waals surface area contributed by atoms with Gasteiger partial charge in [-0.25, -0.2) is 0 Å². The molecule has 0 bridgehead atoms. The molecule has 1 aliphatic heterocycles. The molecule has 1 fully saturated rings. The van der Waals surface area contributed by atoms with Crippen LogP contribution in [0.25, 0.3) is 0 Å². The normalized spacial score (nSPS) is 18.4. The Morgan fingerprint density at radius 1 is 1.25 bits per heavy atom. The summed E-state index contributed by atoms with van der Waals surface area (Å²) in [4.78, 5) is 1.44. The molecule has 0 unspecified atom stereocenters. The number of nitrogens with zero attached hydrogens (tertiary/aromatic N) is 1. The molecule has 1 N–H and O–H groups in total. The minimum atomic E-state index is -4.33. The number of piperazine rings is 1. The van der Waals surface area contributed by atoms with E-state index in [2.05, 4.69) is 21.2 Å². The van der Waals surface area contributed by atoms with Crippen LogP contribution < -0.4 is 5.32 Å². The predicted molar refractivity (Wildman–Crippen MR) is 79.6 cm³/mol. The number of nitrogens with one attached hydrogen (secondary N) is 1. The van der Waals surface area contributed by atoms with Crippen molar-refractivity contribution in [3.05, 3.63) is 33.3 Å². The highest BCUT2D eigenvalue weighted by molar-refractivity contribution is 9.10. The minimum absolute atomic E-state index is 0. The monoisotopic (exact) mass is 392 g/mol. The first kappa shape index (κ1) is 18.0. The number of alkyl halides is 3. The highest BCUT2D eigenvalue weighted by Crippen LogP contribution is 2.41. The second-order valence-electron chi connectivity index (χ2n) is 4.40. The summed E-state index contributed by atoms with van der Waals surface area (Å²) in [5.74, 6) is 0. The van der Waals surface area contributed by atoms with Crippen molar-refractivity contribution < 1.29 is 13.2 Å². The number of benzene rings is 1. The van der Waals surface area contributed by atoms with Gasteiger partial charge in [-0.05, 0) is 23.8 Å². The zero-order valence-corrected chi connectivity index (χ0v) is 13.5. The molecule has 1 aromatic rings. The van der Waals surface area contributed by atoms with Gasteiger partial charge in [-0.3, -0.25) is 4.90 Å². The molecule has 1 aliphatic rings. The third-order valence-corrected chi connectivity index (χ3v) is 4.04. The van der Waals surface area contributed by atoms with Crippen molar-refractivity contribution in [1.82, 2.24) is 10.2 Å². The van der Waals surface area contributed by atoms with E-state index < -0.39 is 12.2 Å². The summed E-state index contributed by atoms with van der Waals surface area (Å²) in [6, 6.07) is 2.88. The summed E-state index contributed by atoms with van der Waals surface area (Å²) in [5, 5.41) is 3.36. The smallest absolute Gasteiger partial charge is 0.314 e. The topological polar surface area (TPSA) is 15.3 Å². The predicted octanol–water partition coefficient (Wildman–Crippen LogP) is 4.03. The lowest BCUT2D eigenvalue weighted by atomic mass is 10.0. The van der Waals surface area contributed by atoms with Crippen molar-refractivity contribution in [3.63, 3.8) is 0 Å². The van der Waals surface area contributed by atoms with Gasteiger partial charge in [0.15, 0.2) is 0 Å². The molecule has 1 heterocycles. The standard InChI is InChI=1S/C12H13BrClF3N2.ClH/c13-10-2-1-8(14)7-9(10)11(12(15,16)17)19-5-3-18-4-6-19;/h1-2,7,11,18H,3-6H2;1H/t11-;/m1./s1. The summed E-state index contributed by atoms with van der Waals surface area (Å²) in [6.45, 7) is 1.85. The van der Waals surface area contributed by atoms with Gasteiger partial charge in [-0.2, -0.15) is 13.2 Å². The molecule has 2 rings (SSSR count). The number of rotatable bonds is 2. The zero-order valence-electron chi connectivity index (χ0n) is 10.4. The Kier molecular flexibility index (Phi) is 6.60. The summed E-state index contributed by atoms with van der Waals surface area (Å²) < 4.78 is 40.6. The molecule has 0 amide bonds. The first-order valence-electron chi connectivity index (χ1n) is 5.86. The van der Waals surface area contributed by atoms with E-state index in [0.29, 0.717) is 35.7 Å². The lowest BCUT2D eigenvalue weighted by Gasteiger charge is -2.36. The minimum Gasteiger partial charge on any atom is -0.314 e. The number of hydrogen-bond acceptors (Lipinski definition) is 2. The molecule has 1 saturated heterocycles. The Bertz CT molecular complexity index is 451. The molecule has 0 aliphatic carbocycles. The van der Waals surface area contributed by atoms with Gasteiger partial charge in [-0.15, -0.1) is 12.4 Å². The largest absolute Gasteiger partial charge is 0.408 e. The van der Waals surface area contributed by atoms with Crippen LogP contribution >= 0.6 is 39.9 Å². The summed E-state index contributed by atoms with van der Waals surface area (Å²) in [6.07, 6.45) is -4.33. The van der Waals surface area contributed by atoms with Gasteiger partial charge in [0, 0.05) is 35.7 Å². The molecule has 0 saturated carbocycles. The third kappa shape index (κ3) is 4.24. The van der Waals surface area contributed by atoms with Crippen LogP contribution in [0, 0.1) is 0 Å². The van der Waals surface area contributed by atoms with E-state index in [-0.39, 0.29) is 18.0 Å².